The number of nitrogens with zero attached hydrogens (tertiary/aromatic N) is 2. The molecule has 25 heavy (non-hydrogen) atoms. The Labute approximate surface area is 146 Å². The van der Waals surface area contributed by atoms with Crippen molar-refractivity contribution >= 4 is 22.9 Å². The van der Waals surface area contributed by atoms with Gasteiger partial charge in [0.05, 0.1) is 5.39 Å². The van der Waals surface area contributed by atoms with E-state index in [1.807, 2.05) is 20.8 Å². The molecule has 0 unspecified atom stereocenters. The van der Waals surface area contributed by atoms with Gasteiger partial charge in [0.2, 0.25) is 5.43 Å². The van der Waals surface area contributed by atoms with Crippen molar-refractivity contribution in [3.63, 3.8) is 0 Å². The van der Waals surface area contributed by atoms with Gasteiger partial charge in [-0.2, -0.15) is 0 Å². The average Bonchev–Trinajstić information content (AvgIpc) is 2.60. The Morgan fingerprint density at radius 1 is 1.28 bits per heavy atom. The van der Waals surface area contributed by atoms with Gasteiger partial charge in [-0.1, -0.05) is 13.3 Å². The summed E-state index contributed by atoms with van der Waals surface area (Å²) < 4.78 is 6.71. The van der Waals surface area contributed by atoms with Gasteiger partial charge in [-0.05, 0) is 32.4 Å². The van der Waals surface area contributed by atoms with Crippen LogP contribution in [0.15, 0.2) is 23.1 Å². The van der Waals surface area contributed by atoms with E-state index in [1.54, 1.807) is 16.7 Å². The zero-order chi connectivity index (χ0) is 18.4. The number of esters is 1. The van der Waals surface area contributed by atoms with Crippen LogP contribution in [0.2, 0.25) is 0 Å². The Balaban J connectivity index is 2.21. The molecule has 2 heterocycles. The van der Waals surface area contributed by atoms with Gasteiger partial charge in [-0.25, -0.2) is 9.78 Å². The minimum Gasteiger partial charge on any atom is -0.452 e. The predicted octanol–water partition coefficient (Wildman–Crippen LogP) is 1.80. The number of aromatic nitrogens is 2. The van der Waals surface area contributed by atoms with Crippen LogP contribution in [0, 0.1) is 6.92 Å². The second-order valence-corrected chi connectivity index (χ2v) is 5.76. The van der Waals surface area contributed by atoms with Crippen molar-refractivity contribution in [2.24, 2.45) is 0 Å². The van der Waals surface area contributed by atoms with Crippen LogP contribution in [-0.4, -0.2) is 34.6 Å². The molecule has 134 valence electrons. The van der Waals surface area contributed by atoms with Gasteiger partial charge in [0, 0.05) is 25.0 Å². The van der Waals surface area contributed by atoms with Crippen molar-refractivity contribution in [1.82, 2.24) is 14.9 Å². The van der Waals surface area contributed by atoms with E-state index in [1.165, 1.54) is 6.20 Å². The van der Waals surface area contributed by atoms with Crippen molar-refractivity contribution in [2.45, 2.75) is 40.2 Å². The third kappa shape index (κ3) is 4.43. The molecule has 1 N–H and O–H groups in total. The van der Waals surface area contributed by atoms with Crippen LogP contribution in [0.4, 0.5) is 0 Å². The van der Waals surface area contributed by atoms with Gasteiger partial charge in [-0.3, -0.25) is 9.59 Å². The van der Waals surface area contributed by atoms with Gasteiger partial charge in [0.15, 0.2) is 6.61 Å². The predicted molar refractivity (Wildman–Crippen MR) is 94.6 cm³/mol. The highest BCUT2D eigenvalue weighted by Crippen LogP contribution is 2.11. The number of aryl methyl sites for hydroxylation is 2. The molecule has 0 aliphatic rings. The molecule has 0 atom stereocenters. The van der Waals surface area contributed by atoms with Gasteiger partial charge in [-0.15, -0.1) is 0 Å². The lowest BCUT2D eigenvalue weighted by Gasteiger charge is -2.11. The first kappa shape index (κ1) is 18.6. The molecular weight excluding hydrogens is 322 g/mol. The Morgan fingerprint density at radius 2 is 2.04 bits per heavy atom. The summed E-state index contributed by atoms with van der Waals surface area (Å²) in [4.78, 5) is 40.8. The first-order chi connectivity index (χ1) is 12.0. The summed E-state index contributed by atoms with van der Waals surface area (Å²) >= 11 is 0. The van der Waals surface area contributed by atoms with E-state index in [0.717, 1.165) is 18.5 Å². The molecule has 7 heteroatoms. The molecule has 0 bridgehead atoms. The normalized spacial score (nSPS) is 10.7. The second kappa shape index (κ2) is 8.41. The van der Waals surface area contributed by atoms with Crippen LogP contribution in [0.5, 0.6) is 0 Å². The molecule has 1 amide bonds. The summed E-state index contributed by atoms with van der Waals surface area (Å²) in [6.07, 6.45) is 3.26. The summed E-state index contributed by atoms with van der Waals surface area (Å²) in [5.74, 6) is -1.18. The number of fused-ring (bicyclic) bond motifs is 1. The molecule has 0 spiro atoms. The molecule has 0 aromatic carbocycles. The monoisotopic (exact) mass is 345 g/mol. The van der Waals surface area contributed by atoms with E-state index in [-0.39, 0.29) is 11.5 Å². The Morgan fingerprint density at radius 3 is 2.72 bits per heavy atom. The van der Waals surface area contributed by atoms with Crippen molar-refractivity contribution in [1.29, 1.82) is 0 Å². The molecule has 0 aliphatic carbocycles. The van der Waals surface area contributed by atoms with Gasteiger partial charge >= 0.3 is 5.97 Å². The molecule has 2 aromatic heterocycles. The van der Waals surface area contributed by atoms with E-state index in [2.05, 4.69) is 10.3 Å². The third-order valence-corrected chi connectivity index (χ3v) is 3.81. The second-order valence-electron chi connectivity index (χ2n) is 5.76. The SMILES string of the molecule is CCCCNC(=O)COC(=O)c1cn(CC)c2nc(C)ccc2c1=O. The average molecular weight is 345 g/mol. The molecule has 0 saturated heterocycles. The highest BCUT2D eigenvalue weighted by Gasteiger charge is 2.18. The van der Waals surface area contributed by atoms with E-state index in [9.17, 15) is 14.4 Å². The van der Waals surface area contributed by atoms with Gasteiger partial charge in [0.25, 0.3) is 5.91 Å². The van der Waals surface area contributed by atoms with Gasteiger partial charge < -0.3 is 14.6 Å². The number of hydrogen-bond acceptors (Lipinski definition) is 5. The summed E-state index contributed by atoms with van der Waals surface area (Å²) in [5, 5.41) is 3.01. The topological polar surface area (TPSA) is 90.3 Å². The lowest BCUT2D eigenvalue weighted by atomic mass is 10.2. The molecule has 0 aliphatic heterocycles. The van der Waals surface area contributed by atoms with Crippen LogP contribution in [0.25, 0.3) is 11.0 Å². The Hall–Kier alpha value is -2.70. The maximum Gasteiger partial charge on any atom is 0.344 e. The Bertz CT molecular complexity index is 842. The summed E-state index contributed by atoms with van der Waals surface area (Å²) in [7, 11) is 0. The minimum absolute atomic E-state index is 0.0960. The summed E-state index contributed by atoms with van der Waals surface area (Å²) in [6.45, 7) is 6.42. The lowest BCUT2D eigenvalue weighted by Crippen LogP contribution is -2.30. The zero-order valence-electron chi connectivity index (χ0n) is 14.8. The maximum absolute atomic E-state index is 12.6. The highest BCUT2D eigenvalue weighted by molar-refractivity contribution is 5.94. The fourth-order valence-electron chi connectivity index (χ4n) is 2.41. The van der Waals surface area contributed by atoms with Crippen LogP contribution >= 0.6 is 0 Å². The van der Waals surface area contributed by atoms with E-state index in [0.29, 0.717) is 24.1 Å². The molecular formula is C18H23N3O4. The number of amides is 1. The largest absolute Gasteiger partial charge is 0.452 e. The van der Waals surface area contributed by atoms with Crippen molar-refractivity contribution in [3.05, 3.63) is 39.8 Å². The van der Waals surface area contributed by atoms with Crippen LogP contribution in [0.3, 0.4) is 0 Å². The highest BCUT2D eigenvalue weighted by atomic mass is 16.5. The number of pyridine rings is 2. The first-order valence-corrected chi connectivity index (χ1v) is 8.42. The summed E-state index contributed by atoms with van der Waals surface area (Å²) in [5.41, 5.74) is 0.777. The van der Waals surface area contributed by atoms with E-state index >= 15 is 0 Å². The number of unbranched alkanes of at least 4 members (excludes halogenated alkanes) is 1. The van der Waals surface area contributed by atoms with Crippen LogP contribution in [-0.2, 0) is 16.1 Å². The lowest BCUT2D eigenvalue weighted by molar-refractivity contribution is -0.124. The quantitative estimate of drug-likeness (QED) is 0.610. The van der Waals surface area contributed by atoms with E-state index < -0.39 is 18.0 Å². The van der Waals surface area contributed by atoms with Crippen LogP contribution in [0.1, 0.15) is 42.7 Å². The van der Waals surface area contributed by atoms with Crippen molar-refractivity contribution in [3.8, 4) is 0 Å². The zero-order valence-corrected chi connectivity index (χ0v) is 14.8. The molecule has 0 saturated carbocycles. The third-order valence-electron chi connectivity index (χ3n) is 3.81. The number of nitrogens with one attached hydrogen (secondary N) is 1. The number of rotatable bonds is 7. The first-order valence-electron chi connectivity index (χ1n) is 8.42. The molecule has 0 fully saturated rings. The molecule has 7 nitrogen and oxygen atoms in total. The minimum atomic E-state index is -0.805. The smallest absolute Gasteiger partial charge is 0.344 e. The molecule has 2 rings (SSSR count). The maximum atomic E-state index is 12.6. The number of carbonyl (C=O) groups is 2. The van der Waals surface area contributed by atoms with Crippen LogP contribution < -0.4 is 10.7 Å². The summed E-state index contributed by atoms with van der Waals surface area (Å²) in [6, 6.07) is 3.38. The van der Waals surface area contributed by atoms with Crippen molar-refractivity contribution in [2.75, 3.05) is 13.2 Å². The Kier molecular flexibility index (Phi) is 6.27. The standard InChI is InChI=1S/C18H23N3O4/c1-4-6-9-19-15(22)11-25-18(24)14-10-21(5-2)17-13(16(14)23)8-7-12(3)20-17/h7-8,10H,4-6,9,11H2,1-3H3,(H,19,22). The fraction of sp³-hybridized carbons (Fsp3) is 0.444. The fourth-order valence-corrected chi connectivity index (χ4v) is 2.41. The number of ether oxygens (including phenoxy) is 1. The van der Waals surface area contributed by atoms with Crippen molar-refractivity contribution < 1.29 is 14.3 Å². The number of hydrogen-bond donors (Lipinski definition) is 1. The van der Waals surface area contributed by atoms with Gasteiger partial charge in [0.1, 0.15) is 11.2 Å². The molecule has 0 radical (unpaired) electrons. The molecule has 2 aromatic rings. The number of carbonyl (C=O) groups excluding carboxylic acids is 2. The van der Waals surface area contributed by atoms with E-state index in [4.69, 9.17) is 4.74 Å².